The van der Waals surface area contributed by atoms with Gasteiger partial charge in [-0.25, -0.2) is 4.39 Å². The second-order valence-corrected chi connectivity index (χ2v) is 6.33. The Bertz CT molecular complexity index is 1010. The van der Waals surface area contributed by atoms with Gasteiger partial charge in [0.05, 0.1) is 6.54 Å². The van der Waals surface area contributed by atoms with Gasteiger partial charge in [-0.15, -0.1) is 0 Å². The summed E-state index contributed by atoms with van der Waals surface area (Å²) in [5, 5.41) is 3.21. The minimum absolute atomic E-state index is 0.0222. The Kier molecular flexibility index (Phi) is 5.19. The number of halogens is 2. The fraction of sp³-hybridized carbons (Fsp3) is 0.100. The predicted octanol–water partition coefficient (Wildman–Crippen LogP) is 4.25. The molecule has 2 aromatic carbocycles. The first kappa shape index (κ1) is 17.9. The zero-order chi connectivity index (χ0) is 18.7. The van der Waals surface area contributed by atoms with E-state index in [-0.39, 0.29) is 17.9 Å². The van der Waals surface area contributed by atoms with Crippen molar-refractivity contribution in [2.45, 2.75) is 13.5 Å². The third-order valence-electron chi connectivity index (χ3n) is 3.98. The first-order valence-electron chi connectivity index (χ1n) is 7.95. The van der Waals surface area contributed by atoms with Crippen LogP contribution in [0.5, 0.6) is 0 Å². The number of nitrogens with zero attached hydrogens (tertiary/aromatic N) is 1. The number of pyridine rings is 1. The number of nitrogens with one attached hydrogen (secondary N) is 1. The minimum Gasteiger partial charge on any atom is -0.322 e. The van der Waals surface area contributed by atoms with Gasteiger partial charge in [0.15, 0.2) is 0 Å². The molecule has 1 N–H and O–H groups in total. The van der Waals surface area contributed by atoms with Crippen molar-refractivity contribution in [2.24, 2.45) is 0 Å². The largest absolute Gasteiger partial charge is 0.322 e. The third-order valence-corrected chi connectivity index (χ3v) is 4.21. The minimum atomic E-state index is -0.506. The van der Waals surface area contributed by atoms with Crippen LogP contribution in [0.4, 0.5) is 10.1 Å². The van der Waals surface area contributed by atoms with Crippen LogP contribution in [0, 0.1) is 12.7 Å². The van der Waals surface area contributed by atoms with Gasteiger partial charge in [0, 0.05) is 16.9 Å². The molecule has 0 spiro atoms. The Balaban J connectivity index is 1.86. The summed E-state index contributed by atoms with van der Waals surface area (Å²) in [5.74, 6) is -0.847. The van der Waals surface area contributed by atoms with Crippen LogP contribution in [-0.4, -0.2) is 10.5 Å². The van der Waals surface area contributed by atoms with Gasteiger partial charge >= 0.3 is 0 Å². The van der Waals surface area contributed by atoms with Gasteiger partial charge in [0.1, 0.15) is 11.4 Å². The quantitative estimate of drug-likeness (QED) is 0.746. The van der Waals surface area contributed by atoms with Crippen molar-refractivity contribution in [3.63, 3.8) is 0 Å². The highest BCUT2D eigenvalue weighted by Gasteiger charge is 2.14. The molecule has 0 aliphatic rings. The van der Waals surface area contributed by atoms with Crippen molar-refractivity contribution < 1.29 is 9.18 Å². The summed E-state index contributed by atoms with van der Waals surface area (Å²) < 4.78 is 14.4. The maximum Gasteiger partial charge on any atom is 0.263 e. The van der Waals surface area contributed by atoms with E-state index >= 15 is 0 Å². The molecule has 0 unspecified atom stereocenters. The number of hydrogen-bond donors (Lipinski definition) is 1. The fourth-order valence-electron chi connectivity index (χ4n) is 2.54. The van der Waals surface area contributed by atoms with Gasteiger partial charge in [-0.05, 0) is 54.4 Å². The second-order valence-electron chi connectivity index (χ2n) is 5.89. The standard InChI is InChI=1S/C20H16ClFN2O2/c1-13-4-7-15(21)11-18(13)23-19(25)17-3-2-10-24(20(17)26)12-14-5-8-16(22)9-6-14/h2-11H,12H2,1H3,(H,23,25). The van der Waals surface area contributed by atoms with E-state index in [9.17, 15) is 14.0 Å². The normalized spacial score (nSPS) is 10.6. The number of rotatable bonds is 4. The molecular weight excluding hydrogens is 355 g/mol. The number of anilines is 1. The lowest BCUT2D eigenvalue weighted by atomic mass is 10.1. The van der Waals surface area contributed by atoms with Gasteiger partial charge in [-0.2, -0.15) is 0 Å². The van der Waals surface area contributed by atoms with Gasteiger partial charge in [-0.1, -0.05) is 29.8 Å². The summed E-state index contributed by atoms with van der Waals surface area (Å²) in [6.45, 7) is 2.08. The number of benzene rings is 2. The number of carbonyl (C=O) groups is 1. The number of aryl methyl sites for hydroxylation is 1. The van der Waals surface area contributed by atoms with E-state index in [1.54, 1.807) is 42.6 Å². The molecule has 0 bridgehead atoms. The summed E-state index contributed by atoms with van der Waals surface area (Å²) in [6, 6.07) is 14.1. The summed E-state index contributed by atoms with van der Waals surface area (Å²) in [6.07, 6.45) is 1.59. The van der Waals surface area contributed by atoms with Gasteiger partial charge in [0.25, 0.3) is 11.5 Å². The molecule has 3 aromatic rings. The smallest absolute Gasteiger partial charge is 0.263 e. The molecular formula is C20H16ClFN2O2. The fourth-order valence-corrected chi connectivity index (χ4v) is 2.71. The Morgan fingerprint density at radius 2 is 1.88 bits per heavy atom. The Hall–Kier alpha value is -2.92. The molecule has 1 heterocycles. The molecule has 0 saturated carbocycles. The molecule has 0 atom stereocenters. The van der Waals surface area contributed by atoms with Crippen molar-refractivity contribution in [3.8, 4) is 0 Å². The molecule has 132 valence electrons. The molecule has 0 aliphatic heterocycles. The number of hydrogen-bond acceptors (Lipinski definition) is 2. The average molecular weight is 371 g/mol. The lowest BCUT2D eigenvalue weighted by molar-refractivity contribution is 0.102. The van der Waals surface area contributed by atoms with E-state index in [1.165, 1.54) is 22.8 Å². The van der Waals surface area contributed by atoms with Crippen LogP contribution < -0.4 is 10.9 Å². The molecule has 0 saturated heterocycles. The Morgan fingerprint density at radius 3 is 2.62 bits per heavy atom. The topological polar surface area (TPSA) is 51.1 Å². The highest BCUT2D eigenvalue weighted by atomic mass is 35.5. The summed E-state index contributed by atoms with van der Waals surface area (Å²) in [5.41, 5.74) is 1.75. The molecule has 3 rings (SSSR count). The Morgan fingerprint density at radius 1 is 1.15 bits per heavy atom. The van der Waals surface area contributed by atoms with Crippen LogP contribution >= 0.6 is 11.6 Å². The van der Waals surface area contributed by atoms with Crippen molar-refractivity contribution in [1.29, 1.82) is 0 Å². The van der Waals surface area contributed by atoms with E-state index in [4.69, 9.17) is 11.6 Å². The average Bonchev–Trinajstić information content (AvgIpc) is 2.62. The van der Waals surface area contributed by atoms with E-state index in [2.05, 4.69) is 5.32 Å². The zero-order valence-electron chi connectivity index (χ0n) is 14.0. The summed E-state index contributed by atoms with van der Waals surface area (Å²) in [7, 11) is 0. The number of amides is 1. The van der Waals surface area contributed by atoms with Crippen molar-refractivity contribution >= 4 is 23.2 Å². The van der Waals surface area contributed by atoms with Crippen molar-refractivity contribution in [1.82, 2.24) is 4.57 Å². The van der Waals surface area contributed by atoms with Crippen LogP contribution in [0.1, 0.15) is 21.5 Å². The van der Waals surface area contributed by atoms with Crippen LogP contribution in [0.2, 0.25) is 5.02 Å². The highest BCUT2D eigenvalue weighted by molar-refractivity contribution is 6.31. The maximum absolute atomic E-state index is 13.0. The Labute approximate surface area is 154 Å². The number of carbonyl (C=O) groups excluding carboxylic acids is 1. The van der Waals surface area contributed by atoms with Crippen LogP contribution in [0.15, 0.2) is 65.6 Å². The maximum atomic E-state index is 13.0. The second kappa shape index (κ2) is 7.54. The molecule has 0 radical (unpaired) electrons. The van der Waals surface area contributed by atoms with Gasteiger partial charge < -0.3 is 9.88 Å². The predicted molar refractivity (Wildman–Crippen MR) is 100 cm³/mol. The molecule has 1 amide bonds. The molecule has 26 heavy (non-hydrogen) atoms. The van der Waals surface area contributed by atoms with Crippen molar-refractivity contribution in [3.05, 3.63) is 98.7 Å². The zero-order valence-corrected chi connectivity index (χ0v) is 14.8. The lowest BCUT2D eigenvalue weighted by Crippen LogP contribution is -2.29. The summed E-state index contributed by atoms with van der Waals surface area (Å²) >= 11 is 5.96. The first-order valence-corrected chi connectivity index (χ1v) is 8.33. The molecule has 1 aromatic heterocycles. The van der Waals surface area contributed by atoms with Gasteiger partial charge in [-0.3, -0.25) is 9.59 Å². The SMILES string of the molecule is Cc1ccc(Cl)cc1NC(=O)c1cccn(Cc2ccc(F)cc2)c1=O. The molecule has 0 aliphatic carbocycles. The summed E-state index contributed by atoms with van der Waals surface area (Å²) in [4.78, 5) is 25.2. The molecule has 6 heteroatoms. The van der Waals surface area contributed by atoms with E-state index in [0.717, 1.165) is 11.1 Å². The van der Waals surface area contributed by atoms with Crippen LogP contribution in [-0.2, 0) is 6.54 Å². The molecule has 0 fully saturated rings. The van der Waals surface area contributed by atoms with Crippen LogP contribution in [0.25, 0.3) is 0 Å². The van der Waals surface area contributed by atoms with E-state index in [1.807, 2.05) is 6.92 Å². The van der Waals surface area contributed by atoms with Crippen LogP contribution in [0.3, 0.4) is 0 Å². The monoisotopic (exact) mass is 370 g/mol. The highest BCUT2D eigenvalue weighted by Crippen LogP contribution is 2.20. The van der Waals surface area contributed by atoms with E-state index in [0.29, 0.717) is 10.7 Å². The molecule has 4 nitrogen and oxygen atoms in total. The number of aromatic nitrogens is 1. The lowest BCUT2D eigenvalue weighted by Gasteiger charge is -2.11. The third kappa shape index (κ3) is 4.00. The van der Waals surface area contributed by atoms with E-state index < -0.39 is 11.5 Å². The first-order chi connectivity index (χ1) is 12.4. The van der Waals surface area contributed by atoms with Gasteiger partial charge in [0.2, 0.25) is 0 Å². The van der Waals surface area contributed by atoms with Crippen molar-refractivity contribution in [2.75, 3.05) is 5.32 Å².